The molecular formula is C12H18BrN3. The van der Waals surface area contributed by atoms with Gasteiger partial charge in [-0.2, -0.15) is 0 Å². The van der Waals surface area contributed by atoms with Crippen molar-refractivity contribution in [3.63, 3.8) is 0 Å². The Kier molecular flexibility index (Phi) is 3.71. The largest absolute Gasteiger partial charge is 0.397 e. The van der Waals surface area contributed by atoms with Crippen molar-refractivity contribution in [1.82, 2.24) is 4.90 Å². The predicted octanol–water partition coefficient (Wildman–Crippen LogP) is 2.17. The molecule has 88 valence electrons. The van der Waals surface area contributed by atoms with Crippen molar-refractivity contribution in [2.45, 2.75) is 6.92 Å². The summed E-state index contributed by atoms with van der Waals surface area (Å²) in [6, 6.07) is 6.13. The van der Waals surface area contributed by atoms with E-state index in [-0.39, 0.29) is 0 Å². The molecule has 0 atom stereocenters. The number of nitrogens with two attached hydrogens (primary N) is 1. The Bertz CT molecular complexity index is 359. The van der Waals surface area contributed by atoms with E-state index in [9.17, 15) is 0 Å². The average Bonchev–Trinajstić information content (AvgIpc) is 2.29. The number of nitrogen functional groups attached to an aromatic ring is 1. The molecule has 3 nitrogen and oxygen atoms in total. The minimum atomic E-state index is 0.860. The summed E-state index contributed by atoms with van der Waals surface area (Å²) in [4.78, 5) is 4.83. The van der Waals surface area contributed by atoms with Crippen LogP contribution in [0.3, 0.4) is 0 Å². The topological polar surface area (TPSA) is 32.5 Å². The normalized spacial score (nSPS) is 17.8. The molecule has 1 fully saturated rings. The van der Waals surface area contributed by atoms with Gasteiger partial charge in [-0.05, 0) is 24.7 Å². The minimum absolute atomic E-state index is 0.860. The molecule has 0 saturated carbocycles. The van der Waals surface area contributed by atoms with Crippen molar-refractivity contribution in [3.8, 4) is 0 Å². The Morgan fingerprint density at radius 2 is 1.94 bits per heavy atom. The summed E-state index contributed by atoms with van der Waals surface area (Å²) in [6.07, 6.45) is 0. The van der Waals surface area contributed by atoms with E-state index in [4.69, 9.17) is 5.73 Å². The standard InChI is InChI=1S/C12H18BrN3/c1-2-15-5-7-16(8-6-15)12-4-3-10(13)9-11(12)14/h3-4,9H,2,5-8,14H2,1H3. The van der Waals surface area contributed by atoms with Crippen molar-refractivity contribution in [2.75, 3.05) is 43.4 Å². The number of hydrogen-bond donors (Lipinski definition) is 1. The van der Waals surface area contributed by atoms with E-state index in [1.807, 2.05) is 6.07 Å². The first kappa shape index (κ1) is 11.7. The summed E-state index contributed by atoms with van der Waals surface area (Å²) >= 11 is 3.43. The van der Waals surface area contributed by atoms with Crippen LogP contribution in [0.1, 0.15) is 6.92 Å². The lowest BCUT2D eigenvalue weighted by Gasteiger charge is -2.36. The molecule has 0 aliphatic carbocycles. The van der Waals surface area contributed by atoms with Crippen molar-refractivity contribution >= 4 is 27.3 Å². The third kappa shape index (κ3) is 2.50. The van der Waals surface area contributed by atoms with Crippen LogP contribution in [0.5, 0.6) is 0 Å². The zero-order valence-electron chi connectivity index (χ0n) is 9.62. The lowest BCUT2D eigenvalue weighted by molar-refractivity contribution is 0.271. The van der Waals surface area contributed by atoms with Gasteiger partial charge < -0.3 is 15.5 Å². The van der Waals surface area contributed by atoms with E-state index in [0.717, 1.165) is 42.9 Å². The second kappa shape index (κ2) is 5.06. The van der Waals surface area contributed by atoms with Gasteiger partial charge in [-0.15, -0.1) is 0 Å². The molecule has 0 aromatic heterocycles. The first-order valence-electron chi connectivity index (χ1n) is 5.73. The van der Waals surface area contributed by atoms with E-state index < -0.39 is 0 Å². The number of rotatable bonds is 2. The maximum absolute atomic E-state index is 6.03. The molecule has 0 amide bonds. The molecule has 0 unspecified atom stereocenters. The monoisotopic (exact) mass is 283 g/mol. The summed E-state index contributed by atoms with van der Waals surface area (Å²) < 4.78 is 1.04. The number of hydrogen-bond acceptors (Lipinski definition) is 3. The lowest BCUT2D eigenvalue weighted by atomic mass is 10.2. The zero-order chi connectivity index (χ0) is 11.5. The third-order valence-corrected chi connectivity index (χ3v) is 3.64. The van der Waals surface area contributed by atoms with E-state index in [1.54, 1.807) is 0 Å². The fraction of sp³-hybridized carbons (Fsp3) is 0.500. The van der Waals surface area contributed by atoms with Crippen LogP contribution < -0.4 is 10.6 Å². The average molecular weight is 284 g/mol. The summed E-state index contributed by atoms with van der Waals surface area (Å²) in [6.45, 7) is 7.75. The highest BCUT2D eigenvalue weighted by Crippen LogP contribution is 2.27. The van der Waals surface area contributed by atoms with Gasteiger partial charge in [-0.3, -0.25) is 0 Å². The van der Waals surface area contributed by atoms with E-state index in [1.165, 1.54) is 5.69 Å². The Hall–Kier alpha value is -0.740. The van der Waals surface area contributed by atoms with Crippen LogP contribution in [-0.4, -0.2) is 37.6 Å². The predicted molar refractivity (Wildman–Crippen MR) is 72.9 cm³/mol. The van der Waals surface area contributed by atoms with Gasteiger partial charge in [0, 0.05) is 30.7 Å². The van der Waals surface area contributed by atoms with Gasteiger partial charge >= 0.3 is 0 Å². The fourth-order valence-corrected chi connectivity index (χ4v) is 2.50. The van der Waals surface area contributed by atoms with E-state index >= 15 is 0 Å². The minimum Gasteiger partial charge on any atom is -0.397 e. The van der Waals surface area contributed by atoms with Gasteiger partial charge in [0.15, 0.2) is 0 Å². The molecule has 0 bridgehead atoms. The summed E-state index contributed by atoms with van der Waals surface area (Å²) in [5, 5.41) is 0. The molecule has 0 radical (unpaired) electrons. The highest BCUT2D eigenvalue weighted by Gasteiger charge is 2.17. The highest BCUT2D eigenvalue weighted by atomic mass is 79.9. The van der Waals surface area contributed by atoms with Crippen LogP contribution in [0, 0.1) is 0 Å². The second-order valence-corrected chi connectivity index (χ2v) is 5.04. The van der Waals surface area contributed by atoms with Gasteiger partial charge in [-0.1, -0.05) is 22.9 Å². The molecule has 2 N–H and O–H groups in total. The first-order valence-corrected chi connectivity index (χ1v) is 6.52. The first-order chi connectivity index (χ1) is 7.70. The Balaban J connectivity index is 2.08. The Labute approximate surface area is 105 Å². The number of nitrogens with zero attached hydrogens (tertiary/aromatic N) is 2. The third-order valence-electron chi connectivity index (χ3n) is 3.15. The Morgan fingerprint density at radius 3 is 2.50 bits per heavy atom. The van der Waals surface area contributed by atoms with Crippen LogP contribution in [0.15, 0.2) is 22.7 Å². The van der Waals surface area contributed by atoms with Gasteiger partial charge in [0.25, 0.3) is 0 Å². The van der Waals surface area contributed by atoms with Crippen molar-refractivity contribution < 1.29 is 0 Å². The van der Waals surface area contributed by atoms with Crippen LogP contribution in [0.4, 0.5) is 11.4 Å². The van der Waals surface area contributed by atoms with Crippen LogP contribution in [-0.2, 0) is 0 Å². The lowest BCUT2D eigenvalue weighted by Crippen LogP contribution is -2.46. The van der Waals surface area contributed by atoms with Crippen LogP contribution in [0.25, 0.3) is 0 Å². The van der Waals surface area contributed by atoms with Gasteiger partial charge in [0.1, 0.15) is 0 Å². The second-order valence-electron chi connectivity index (χ2n) is 4.12. The number of piperazine rings is 1. The summed E-state index contributed by atoms with van der Waals surface area (Å²) in [5.41, 5.74) is 8.06. The number of anilines is 2. The molecule has 16 heavy (non-hydrogen) atoms. The molecule has 1 aromatic rings. The molecule has 4 heteroatoms. The number of halogens is 1. The van der Waals surface area contributed by atoms with Crippen molar-refractivity contribution in [2.24, 2.45) is 0 Å². The van der Waals surface area contributed by atoms with Gasteiger partial charge in [-0.25, -0.2) is 0 Å². The molecule has 1 aliphatic heterocycles. The van der Waals surface area contributed by atoms with Crippen molar-refractivity contribution in [1.29, 1.82) is 0 Å². The molecule has 1 heterocycles. The number of likely N-dealkylation sites (N-methyl/N-ethyl adjacent to an activating group) is 1. The molecular weight excluding hydrogens is 266 g/mol. The highest BCUT2D eigenvalue weighted by molar-refractivity contribution is 9.10. The summed E-state index contributed by atoms with van der Waals surface area (Å²) in [7, 11) is 0. The molecule has 0 spiro atoms. The van der Waals surface area contributed by atoms with Gasteiger partial charge in [0.2, 0.25) is 0 Å². The Morgan fingerprint density at radius 1 is 1.25 bits per heavy atom. The smallest absolute Gasteiger partial charge is 0.0601 e. The fourth-order valence-electron chi connectivity index (χ4n) is 2.12. The molecule has 1 saturated heterocycles. The zero-order valence-corrected chi connectivity index (χ0v) is 11.2. The van der Waals surface area contributed by atoms with Crippen LogP contribution >= 0.6 is 15.9 Å². The molecule has 2 rings (SSSR count). The molecule has 1 aromatic carbocycles. The van der Waals surface area contributed by atoms with E-state index in [0.29, 0.717) is 0 Å². The van der Waals surface area contributed by atoms with Gasteiger partial charge in [0.05, 0.1) is 11.4 Å². The van der Waals surface area contributed by atoms with E-state index in [2.05, 4.69) is 44.8 Å². The molecule has 1 aliphatic rings. The number of benzene rings is 1. The van der Waals surface area contributed by atoms with Crippen LogP contribution in [0.2, 0.25) is 0 Å². The maximum Gasteiger partial charge on any atom is 0.0601 e. The SMILES string of the molecule is CCN1CCN(c2ccc(Br)cc2N)CC1. The van der Waals surface area contributed by atoms with Crippen molar-refractivity contribution in [3.05, 3.63) is 22.7 Å². The summed E-state index contributed by atoms with van der Waals surface area (Å²) in [5.74, 6) is 0. The quantitative estimate of drug-likeness (QED) is 0.845. The maximum atomic E-state index is 6.03.